The van der Waals surface area contributed by atoms with E-state index in [0.717, 1.165) is 19.3 Å². The third kappa shape index (κ3) is 8.54. The van der Waals surface area contributed by atoms with Crippen molar-refractivity contribution in [3.8, 4) is 0 Å². The second-order valence-electron chi connectivity index (χ2n) is 4.90. The maximum Gasteiger partial charge on any atom is 0.150 e. The molecule has 14 heavy (non-hydrogen) atoms. The van der Waals surface area contributed by atoms with E-state index in [0.29, 0.717) is 17.4 Å². The molecular formula is C11H24O2S. The minimum Gasteiger partial charge on any atom is -0.229 e. The predicted molar refractivity (Wildman–Crippen MR) is 62.2 cm³/mol. The maximum atomic E-state index is 11.5. The van der Waals surface area contributed by atoms with Crippen LogP contribution in [0.5, 0.6) is 0 Å². The van der Waals surface area contributed by atoms with E-state index in [4.69, 9.17) is 0 Å². The summed E-state index contributed by atoms with van der Waals surface area (Å²) in [5, 5.41) is 0. The Morgan fingerprint density at radius 3 is 1.93 bits per heavy atom. The number of hydrogen-bond acceptors (Lipinski definition) is 2. The van der Waals surface area contributed by atoms with Crippen molar-refractivity contribution in [1.82, 2.24) is 0 Å². The zero-order chi connectivity index (χ0) is 11.2. The number of rotatable bonds is 7. The van der Waals surface area contributed by atoms with Gasteiger partial charge in [-0.2, -0.15) is 0 Å². The van der Waals surface area contributed by atoms with Gasteiger partial charge in [-0.1, -0.05) is 40.5 Å². The molecule has 0 aliphatic rings. The zero-order valence-corrected chi connectivity index (χ0v) is 10.7. The molecule has 0 amide bonds. The van der Waals surface area contributed by atoms with Crippen LogP contribution < -0.4 is 0 Å². The molecule has 2 nitrogen and oxygen atoms in total. The van der Waals surface area contributed by atoms with E-state index in [1.807, 2.05) is 13.8 Å². The van der Waals surface area contributed by atoms with Crippen molar-refractivity contribution in [1.29, 1.82) is 0 Å². The van der Waals surface area contributed by atoms with Crippen molar-refractivity contribution < 1.29 is 8.42 Å². The Labute approximate surface area is 89.0 Å². The van der Waals surface area contributed by atoms with Crippen LogP contribution in [0.1, 0.15) is 47.0 Å². The fourth-order valence-electron chi connectivity index (χ4n) is 1.47. The zero-order valence-electron chi connectivity index (χ0n) is 9.91. The highest BCUT2D eigenvalue weighted by molar-refractivity contribution is 7.91. The maximum absolute atomic E-state index is 11.5. The highest BCUT2D eigenvalue weighted by atomic mass is 32.2. The topological polar surface area (TPSA) is 34.1 Å². The largest absolute Gasteiger partial charge is 0.229 e. The average Bonchev–Trinajstić information content (AvgIpc) is 1.95. The summed E-state index contributed by atoms with van der Waals surface area (Å²) < 4.78 is 23.0. The summed E-state index contributed by atoms with van der Waals surface area (Å²) in [5.74, 6) is 1.65. The van der Waals surface area contributed by atoms with Crippen LogP contribution >= 0.6 is 0 Å². The quantitative estimate of drug-likeness (QED) is 0.618. The Morgan fingerprint density at radius 2 is 1.50 bits per heavy atom. The third-order valence-corrected chi connectivity index (χ3v) is 4.16. The standard InChI is InChI=1S/C11H24O2S/c1-10(2)7-5-6-8-14(12,13)9-11(3)4/h10-11H,5-9H2,1-4H3. The minimum atomic E-state index is -2.78. The molecule has 0 N–H and O–H groups in total. The molecule has 0 radical (unpaired) electrons. The van der Waals surface area contributed by atoms with Crippen LogP contribution in [-0.4, -0.2) is 19.9 Å². The summed E-state index contributed by atoms with van der Waals surface area (Å²) >= 11 is 0. The van der Waals surface area contributed by atoms with Crippen molar-refractivity contribution in [2.75, 3.05) is 11.5 Å². The molecule has 0 fully saturated rings. The second-order valence-corrected chi connectivity index (χ2v) is 7.13. The molecule has 0 saturated heterocycles. The van der Waals surface area contributed by atoms with Gasteiger partial charge in [0.15, 0.2) is 9.84 Å². The SMILES string of the molecule is CC(C)CCCCS(=O)(=O)CC(C)C. The van der Waals surface area contributed by atoms with Gasteiger partial charge in [-0.3, -0.25) is 0 Å². The van der Waals surface area contributed by atoms with E-state index in [1.54, 1.807) is 0 Å². The van der Waals surface area contributed by atoms with Crippen LogP contribution in [0.2, 0.25) is 0 Å². The lowest BCUT2D eigenvalue weighted by Crippen LogP contribution is -2.15. The van der Waals surface area contributed by atoms with Gasteiger partial charge in [0.1, 0.15) is 0 Å². The van der Waals surface area contributed by atoms with Gasteiger partial charge >= 0.3 is 0 Å². The van der Waals surface area contributed by atoms with Crippen molar-refractivity contribution >= 4 is 9.84 Å². The Hall–Kier alpha value is -0.0500. The lowest BCUT2D eigenvalue weighted by atomic mass is 10.1. The molecule has 0 bridgehead atoms. The number of hydrogen-bond donors (Lipinski definition) is 0. The molecule has 0 saturated carbocycles. The molecule has 0 aliphatic heterocycles. The van der Waals surface area contributed by atoms with E-state index < -0.39 is 9.84 Å². The van der Waals surface area contributed by atoms with E-state index in [1.165, 1.54) is 0 Å². The Bertz CT molecular complexity index is 228. The summed E-state index contributed by atoms with van der Waals surface area (Å²) in [6.45, 7) is 8.24. The summed E-state index contributed by atoms with van der Waals surface area (Å²) in [7, 11) is -2.78. The van der Waals surface area contributed by atoms with Crippen LogP contribution in [0.3, 0.4) is 0 Å². The molecule has 0 spiro atoms. The summed E-state index contributed by atoms with van der Waals surface area (Å²) in [4.78, 5) is 0. The van der Waals surface area contributed by atoms with Gasteiger partial charge in [0, 0.05) is 0 Å². The highest BCUT2D eigenvalue weighted by Gasteiger charge is 2.12. The first-order valence-corrected chi connectivity index (χ1v) is 7.36. The fourth-order valence-corrected chi connectivity index (χ4v) is 3.29. The van der Waals surface area contributed by atoms with Crippen LogP contribution in [0.25, 0.3) is 0 Å². The molecule has 0 heterocycles. The van der Waals surface area contributed by atoms with E-state index in [9.17, 15) is 8.42 Å². The van der Waals surface area contributed by atoms with Gasteiger partial charge in [-0.05, 0) is 18.3 Å². The first kappa shape index (κ1) is 13.9. The lowest BCUT2D eigenvalue weighted by Gasteiger charge is -2.07. The molecule has 0 aromatic rings. The van der Waals surface area contributed by atoms with Gasteiger partial charge in [-0.15, -0.1) is 0 Å². The fraction of sp³-hybridized carbons (Fsp3) is 1.00. The highest BCUT2D eigenvalue weighted by Crippen LogP contribution is 2.09. The monoisotopic (exact) mass is 220 g/mol. The molecule has 86 valence electrons. The Kier molecular flexibility index (Phi) is 6.41. The van der Waals surface area contributed by atoms with Gasteiger partial charge < -0.3 is 0 Å². The van der Waals surface area contributed by atoms with Crippen molar-refractivity contribution in [2.24, 2.45) is 11.8 Å². The van der Waals surface area contributed by atoms with Crippen LogP contribution in [-0.2, 0) is 9.84 Å². The Balaban J connectivity index is 3.67. The van der Waals surface area contributed by atoms with E-state index in [-0.39, 0.29) is 5.92 Å². The summed E-state index contributed by atoms with van der Waals surface area (Å²) in [6, 6.07) is 0. The lowest BCUT2D eigenvalue weighted by molar-refractivity contribution is 0.541. The number of unbranched alkanes of at least 4 members (excludes halogenated alkanes) is 1. The molecule has 0 rings (SSSR count). The predicted octanol–water partition coefficient (Wildman–Crippen LogP) is 2.88. The first-order chi connectivity index (χ1) is 6.33. The van der Waals surface area contributed by atoms with E-state index in [2.05, 4.69) is 13.8 Å². The van der Waals surface area contributed by atoms with Crippen molar-refractivity contribution in [3.63, 3.8) is 0 Å². The van der Waals surface area contributed by atoms with Crippen molar-refractivity contribution in [3.05, 3.63) is 0 Å². The molecule has 0 aromatic heterocycles. The molecule has 0 unspecified atom stereocenters. The minimum absolute atomic E-state index is 0.255. The Morgan fingerprint density at radius 1 is 0.929 bits per heavy atom. The molecule has 0 aromatic carbocycles. The van der Waals surface area contributed by atoms with Crippen molar-refractivity contribution in [2.45, 2.75) is 47.0 Å². The summed E-state index contributed by atoms with van der Waals surface area (Å²) in [6.07, 6.45) is 3.00. The molecule has 0 atom stereocenters. The van der Waals surface area contributed by atoms with Gasteiger partial charge in [0.25, 0.3) is 0 Å². The average molecular weight is 220 g/mol. The first-order valence-electron chi connectivity index (χ1n) is 5.54. The van der Waals surface area contributed by atoms with E-state index >= 15 is 0 Å². The van der Waals surface area contributed by atoms with Crippen LogP contribution in [0.4, 0.5) is 0 Å². The molecular weight excluding hydrogens is 196 g/mol. The van der Waals surface area contributed by atoms with Gasteiger partial charge in [0.2, 0.25) is 0 Å². The van der Waals surface area contributed by atoms with Crippen LogP contribution in [0, 0.1) is 11.8 Å². The molecule has 0 aliphatic carbocycles. The molecule has 3 heteroatoms. The third-order valence-electron chi connectivity index (χ3n) is 2.07. The number of sulfone groups is 1. The van der Waals surface area contributed by atoms with Gasteiger partial charge in [-0.25, -0.2) is 8.42 Å². The summed E-state index contributed by atoms with van der Waals surface area (Å²) in [5.41, 5.74) is 0. The second kappa shape index (κ2) is 6.44. The van der Waals surface area contributed by atoms with Crippen LogP contribution in [0.15, 0.2) is 0 Å². The normalized spacial score (nSPS) is 12.7. The smallest absolute Gasteiger partial charge is 0.150 e. The van der Waals surface area contributed by atoms with Gasteiger partial charge in [0.05, 0.1) is 11.5 Å².